The molecule has 0 radical (unpaired) electrons. The molecule has 0 spiro atoms. The van der Waals surface area contributed by atoms with E-state index < -0.39 is 5.56 Å². The normalized spacial score (nSPS) is 14.0. The first-order valence-corrected chi connectivity index (χ1v) is 13.6. The summed E-state index contributed by atoms with van der Waals surface area (Å²) in [5, 5.41) is 7.92. The maximum absolute atomic E-state index is 13.8. The van der Waals surface area contributed by atoms with Crippen molar-refractivity contribution in [1.82, 2.24) is 19.6 Å². The zero-order valence-electron chi connectivity index (χ0n) is 22.6. The van der Waals surface area contributed by atoms with E-state index in [-0.39, 0.29) is 30.0 Å². The molecule has 1 fully saturated rings. The fraction of sp³-hybridized carbons (Fsp3) is 0.200. The number of fused-ring (bicyclic) bond motifs is 1. The molecule has 42 heavy (non-hydrogen) atoms. The molecular weight excluding hydrogens is 562 g/mol. The molecule has 0 saturated carbocycles. The van der Waals surface area contributed by atoms with E-state index in [9.17, 15) is 14.4 Å². The topological polar surface area (TPSA) is 115 Å². The van der Waals surface area contributed by atoms with Gasteiger partial charge in [-0.15, -0.1) is 0 Å². The predicted molar refractivity (Wildman–Crippen MR) is 155 cm³/mol. The second kappa shape index (κ2) is 11.5. The number of nitrogens with one attached hydrogen (secondary N) is 1. The van der Waals surface area contributed by atoms with Gasteiger partial charge in [-0.3, -0.25) is 14.4 Å². The number of aromatic nitrogens is 2. The monoisotopic (exact) mass is 587 g/mol. The fourth-order valence-corrected chi connectivity index (χ4v) is 4.96. The van der Waals surface area contributed by atoms with Gasteiger partial charge in [0, 0.05) is 55.4 Å². The third-order valence-corrected chi connectivity index (χ3v) is 7.19. The molecule has 0 aliphatic carbocycles. The molecule has 2 aliphatic heterocycles. The average Bonchev–Trinajstić information content (AvgIpc) is 3.47. The number of carbonyl (C=O) groups is 2. The summed E-state index contributed by atoms with van der Waals surface area (Å²) in [6.45, 7) is 3.50. The minimum Gasteiger partial charge on any atom is -0.454 e. The molecule has 4 aromatic rings. The van der Waals surface area contributed by atoms with E-state index in [4.69, 9.17) is 25.8 Å². The minimum absolute atomic E-state index is 0.00662. The van der Waals surface area contributed by atoms with Gasteiger partial charge in [0.05, 0.1) is 11.9 Å². The molecule has 0 atom stereocenters. The number of hydrogen-bond donors (Lipinski definition) is 1. The number of benzene rings is 3. The van der Waals surface area contributed by atoms with Crippen LogP contribution < -0.4 is 25.1 Å². The van der Waals surface area contributed by atoms with E-state index in [1.54, 1.807) is 76.5 Å². The fourth-order valence-electron chi connectivity index (χ4n) is 4.77. The van der Waals surface area contributed by atoms with Crippen molar-refractivity contribution in [3.05, 3.63) is 93.9 Å². The molecule has 1 saturated heterocycles. The number of hydrogen-bond acceptors (Lipinski definition) is 8. The third kappa shape index (κ3) is 5.59. The van der Waals surface area contributed by atoms with Gasteiger partial charge in [-0.05, 0) is 48.5 Å². The Bertz CT molecular complexity index is 1730. The molecule has 3 heterocycles. The number of halogens is 1. The van der Waals surface area contributed by atoms with Gasteiger partial charge < -0.3 is 29.3 Å². The van der Waals surface area contributed by atoms with Crippen molar-refractivity contribution in [1.29, 1.82) is 0 Å². The molecule has 12 heteroatoms. The van der Waals surface area contributed by atoms with Gasteiger partial charge in [-0.25, -0.2) is 0 Å². The van der Waals surface area contributed by atoms with Crippen LogP contribution in [0.2, 0.25) is 5.02 Å². The molecule has 1 N–H and O–H groups in total. The Kier molecular flexibility index (Phi) is 7.41. The largest absolute Gasteiger partial charge is 0.454 e. The van der Waals surface area contributed by atoms with Crippen LogP contribution in [0.5, 0.6) is 23.0 Å². The Morgan fingerprint density at radius 1 is 0.929 bits per heavy atom. The maximum atomic E-state index is 13.8. The number of anilines is 2. The molecule has 1 aromatic heterocycles. The third-order valence-electron chi connectivity index (χ3n) is 6.96. The Morgan fingerprint density at radius 3 is 2.48 bits per heavy atom. The van der Waals surface area contributed by atoms with Crippen molar-refractivity contribution in [2.24, 2.45) is 0 Å². The second-order valence-corrected chi connectivity index (χ2v) is 10.1. The molecule has 2 amide bonds. The van der Waals surface area contributed by atoms with E-state index in [2.05, 4.69) is 10.4 Å². The summed E-state index contributed by atoms with van der Waals surface area (Å²) in [6.07, 6.45) is 1.43. The number of amides is 2. The highest BCUT2D eigenvalue weighted by Gasteiger charge is 2.24. The highest BCUT2D eigenvalue weighted by molar-refractivity contribution is 6.30. The minimum atomic E-state index is -0.493. The highest BCUT2D eigenvalue weighted by atomic mass is 35.5. The van der Waals surface area contributed by atoms with Crippen LogP contribution in [-0.4, -0.2) is 64.4 Å². The van der Waals surface area contributed by atoms with Gasteiger partial charge in [0.25, 0.3) is 11.5 Å². The van der Waals surface area contributed by atoms with Crippen LogP contribution in [0.4, 0.5) is 11.4 Å². The Hall–Kier alpha value is -5.03. The summed E-state index contributed by atoms with van der Waals surface area (Å²) in [5.74, 6) is 1.53. The highest BCUT2D eigenvalue weighted by Crippen LogP contribution is 2.38. The van der Waals surface area contributed by atoms with Crippen molar-refractivity contribution >= 4 is 34.8 Å². The van der Waals surface area contributed by atoms with E-state index in [1.807, 2.05) is 0 Å². The molecular formula is C30H26ClN5O6. The lowest BCUT2D eigenvalue weighted by atomic mass is 10.1. The van der Waals surface area contributed by atoms with E-state index >= 15 is 0 Å². The average molecular weight is 588 g/mol. The molecule has 11 nitrogen and oxygen atoms in total. The molecule has 3 aromatic carbocycles. The van der Waals surface area contributed by atoms with Gasteiger partial charge in [0.15, 0.2) is 22.9 Å². The van der Waals surface area contributed by atoms with Crippen LogP contribution in [0.1, 0.15) is 17.3 Å². The quantitative estimate of drug-likeness (QED) is 0.352. The SMILES string of the molecule is CC(=O)N1CCN(C(=O)c2cccc(Nc3c(Oc4ccc5c(c4)OCO5)cnn(-c4cccc(Cl)c4)c3=O)c2)CC1. The molecule has 6 rings (SSSR count). The van der Waals surface area contributed by atoms with Crippen LogP contribution in [0.15, 0.2) is 77.7 Å². The van der Waals surface area contributed by atoms with E-state index in [0.29, 0.717) is 65.4 Å². The lowest BCUT2D eigenvalue weighted by molar-refractivity contribution is -0.130. The van der Waals surface area contributed by atoms with Gasteiger partial charge in [0.2, 0.25) is 12.7 Å². The van der Waals surface area contributed by atoms with Crippen LogP contribution in [0, 0.1) is 0 Å². The Labute approximate surface area is 245 Å². The number of nitrogens with zero attached hydrogens (tertiary/aromatic N) is 4. The number of rotatable bonds is 6. The molecule has 214 valence electrons. The van der Waals surface area contributed by atoms with Crippen molar-refractivity contribution in [2.75, 3.05) is 38.3 Å². The van der Waals surface area contributed by atoms with E-state index in [0.717, 1.165) is 0 Å². The predicted octanol–water partition coefficient (Wildman–Crippen LogP) is 4.45. The van der Waals surface area contributed by atoms with E-state index in [1.165, 1.54) is 17.8 Å². The van der Waals surface area contributed by atoms with Crippen LogP contribution in [-0.2, 0) is 4.79 Å². The van der Waals surface area contributed by atoms with Crippen molar-refractivity contribution in [2.45, 2.75) is 6.92 Å². The second-order valence-electron chi connectivity index (χ2n) is 9.70. The summed E-state index contributed by atoms with van der Waals surface area (Å²) >= 11 is 6.18. The van der Waals surface area contributed by atoms with Crippen molar-refractivity contribution in [3.63, 3.8) is 0 Å². The Balaban J connectivity index is 1.32. The lowest BCUT2D eigenvalue weighted by Crippen LogP contribution is -2.50. The molecule has 0 bridgehead atoms. The first kappa shape index (κ1) is 27.2. The van der Waals surface area contributed by atoms with Gasteiger partial charge in [-0.1, -0.05) is 23.7 Å². The van der Waals surface area contributed by atoms with Crippen LogP contribution in [0.25, 0.3) is 5.69 Å². The maximum Gasteiger partial charge on any atom is 0.299 e. The summed E-state index contributed by atoms with van der Waals surface area (Å²) in [5.41, 5.74) is 1.02. The molecule has 0 unspecified atom stereocenters. The first-order valence-electron chi connectivity index (χ1n) is 13.2. The van der Waals surface area contributed by atoms with Crippen LogP contribution in [0.3, 0.4) is 0 Å². The van der Waals surface area contributed by atoms with Crippen LogP contribution >= 0.6 is 11.6 Å². The number of carbonyl (C=O) groups excluding carboxylic acids is 2. The summed E-state index contributed by atoms with van der Waals surface area (Å²) in [7, 11) is 0. The summed E-state index contributed by atoms with van der Waals surface area (Å²) in [6, 6.07) is 18.7. The number of piperazine rings is 1. The zero-order chi connectivity index (χ0) is 29.2. The molecule has 2 aliphatic rings. The van der Waals surface area contributed by atoms with Gasteiger partial charge in [0.1, 0.15) is 5.75 Å². The van der Waals surface area contributed by atoms with Crippen molar-refractivity contribution < 1.29 is 23.8 Å². The summed E-state index contributed by atoms with van der Waals surface area (Å²) in [4.78, 5) is 42.2. The zero-order valence-corrected chi connectivity index (χ0v) is 23.3. The van der Waals surface area contributed by atoms with Gasteiger partial charge in [-0.2, -0.15) is 9.78 Å². The first-order chi connectivity index (χ1) is 20.4. The Morgan fingerprint density at radius 2 is 1.69 bits per heavy atom. The summed E-state index contributed by atoms with van der Waals surface area (Å²) < 4.78 is 18.1. The smallest absolute Gasteiger partial charge is 0.299 e. The number of ether oxygens (including phenoxy) is 3. The van der Waals surface area contributed by atoms with Crippen molar-refractivity contribution in [3.8, 4) is 28.7 Å². The standard InChI is InChI=1S/C30H26ClN5O6/c1-19(37)34-10-12-35(13-11-34)29(38)20-4-2-6-22(14-20)33-28-27(42-24-8-9-25-26(16-24)41-18-40-25)17-32-36(30(28)39)23-7-3-5-21(31)15-23/h2-9,14-17,33H,10-13,18H2,1H3. The van der Waals surface area contributed by atoms with Gasteiger partial charge >= 0.3 is 0 Å². The lowest BCUT2D eigenvalue weighted by Gasteiger charge is -2.34.